The van der Waals surface area contributed by atoms with Crippen molar-refractivity contribution >= 4 is 11.6 Å². The number of nitrogens with zero attached hydrogens (tertiary/aromatic N) is 4. The molecule has 7 nitrogen and oxygen atoms in total. The molecule has 0 saturated carbocycles. The molecule has 0 aliphatic rings. The van der Waals surface area contributed by atoms with Crippen molar-refractivity contribution in [2.75, 3.05) is 5.32 Å². The zero-order valence-electron chi connectivity index (χ0n) is 14.9. The number of carbonyl (C=O) groups is 1. The van der Waals surface area contributed by atoms with E-state index in [4.69, 9.17) is 4.74 Å². The lowest BCUT2D eigenvalue weighted by Gasteiger charge is -2.08. The van der Waals surface area contributed by atoms with Crippen molar-refractivity contribution in [1.82, 2.24) is 19.7 Å². The maximum absolute atomic E-state index is 12.1. The van der Waals surface area contributed by atoms with Gasteiger partial charge in [-0.15, -0.1) is 10.2 Å². The Hall–Kier alpha value is -4.00. The molecule has 0 radical (unpaired) electrons. The smallest absolute Gasteiger partial charge is 0.238 e. The van der Waals surface area contributed by atoms with Crippen LogP contribution in [0.2, 0.25) is 0 Å². The highest BCUT2D eigenvalue weighted by atomic mass is 16.5. The summed E-state index contributed by atoms with van der Waals surface area (Å²) in [5, 5.41) is 11.0. The van der Waals surface area contributed by atoms with E-state index < -0.39 is 0 Å². The van der Waals surface area contributed by atoms with Crippen LogP contribution < -0.4 is 10.1 Å². The molecule has 0 unspecified atom stereocenters. The highest BCUT2D eigenvalue weighted by Crippen LogP contribution is 2.21. The van der Waals surface area contributed by atoms with Crippen LogP contribution in [-0.4, -0.2) is 25.7 Å². The average molecular weight is 371 g/mol. The van der Waals surface area contributed by atoms with Gasteiger partial charge in [0.05, 0.1) is 6.42 Å². The van der Waals surface area contributed by atoms with Gasteiger partial charge in [-0.05, 0) is 35.9 Å². The van der Waals surface area contributed by atoms with Crippen LogP contribution in [0.15, 0.2) is 85.5 Å². The number of rotatable bonds is 6. The molecule has 2 heterocycles. The molecule has 1 N–H and O–H groups in total. The molecule has 4 rings (SSSR count). The van der Waals surface area contributed by atoms with Gasteiger partial charge in [0.2, 0.25) is 11.8 Å². The van der Waals surface area contributed by atoms with E-state index in [0.29, 0.717) is 29.6 Å². The third-order valence-electron chi connectivity index (χ3n) is 3.96. The zero-order valence-corrected chi connectivity index (χ0v) is 14.9. The van der Waals surface area contributed by atoms with E-state index >= 15 is 0 Å². The fourth-order valence-electron chi connectivity index (χ4n) is 2.61. The summed E-state index contributed by atoms with van der Waals surface area (Å²) in [6, 6.07) is 20.2. The first-order chi connectivity index (χ1) is 13.8. The van der Waals surface area contributed by atoms with Crippen molar-refractivity contribution in [3.8, 4) is 17.4 Å². The largest absolute Gasteiger partial charge is 0.438 e. The van der Waals surface area contributed by atoms with E-state index in [2.05, 4.69) is 20.5 Å². The van der Waals surface area contributed by atoms with Crippen molar-refractivity contribution in [3.63, 3.8) is 0 Å². The third-order valence-corrected chi connectivity index (χ3v) is 3.96. The molecule has 0 fully saturated rings. The SMILES string of the molecule is O=C(Cc1ccccc1)Nc1ccc(Oc2ccc(-n3ccnc3)nn2)cc1. The number of anilines is 1. The molecule has 7 heteroatoms. The van der Waals surface area contributed by atoms with Crippen LogP contribution in [0.5, 0.6) is 11.6 Å². The van der Waals surface area contributed by atoms with Gasteiger partial charge < -0.3 is 10.1 Å². The lowest BCUT2D eigenvalue weighted by atomic mass is 10.1. The Morgan fingerprint density at radius 2 is 1.79 bits per heavy atom. The Morgan fingerprint density at radius 3 is 2.46 bits per heavy atom. The van der Waals surface area contributed by atoms with E-state index in [0.717, 1.165) is 5.56 Å². The standard InChI is InChI=1S/C21H17N5O2/c27-20(14-16-4-2-1-3-5-16)23-17-6-8-18(9-7-17)28-21-11-10-19(24-25-21)26-13-12-22-15-26/h1-13,15H,14H2,(H,23,27). The minimum Gasteiger partial charge on any atom is -0.438 e. The zero-order chi connectivity index (χ0) is 19.2. The van der Waals surface area contributed by atoms with E-state index in [9.17, 15) is 4.79 Å². The predicted molar refractivity (Wildman–Crippen MR) is 104 cm³/mol. The number of nitrogens with one attached hydrogen (secondary N) is 1. The van der Waals surface area contributed by atoms with Gasteiger partial charge in [-0.25, -0.2) is 4.98 Å². The normalized spacial score (nSPS) is 10.4. The van der Waals surface area contributed by atoms with Gasteiger partial charge in [0.15, 0.2) is 5.82 Å². The third kappa shape index (κ3) is 4.39. The second kappa shape index (κ2) is 8.13. The van der Waals surface area contributed by atoms with Gasteiger partial charge in [0, 0.05) is 24.1 Å². The van der Waals surface area contributed by atoms with E-state index in [1.54, 1.807) is 59.7 Å². The molecule has 0 spiro atoms. The fraction of sp³-hybridized carbons (Fsp3) is 0.0476. The van der Waals surface area contributed by atoms with Crippen LogP contribution in [0.1, 0.15) is 5.56 Å². The molecule has 1 amide bonds. The molecular weight excluding hydrogens is 354 g/mol. The summed E-state index contributed by atoms with van der Waals surface area (Å²) in [5.41, 5.74) is 1.67. The molecule has 2 aromatic heterocycles. The minimum absolute atomic E-state index is 0.0687. The van der Waals surface area contributed by atoms with Crippen LogP contribution in [0.25, 0.3) is 5.82 Å². The van der Waals surface area contributed by atoms with Crippen LogP contribution >= 0.6 is 0 Å². The monoisotopic (exact) mass is 371 g/mol. The van der Waals surface area contributed by atoms with Gasteiger partial charge in [-0.2, -0.15) is 0 Å². The van der Waals surface area contributed by atoms with Crippen LogP contribution in [-0.2, 0) is 11.2 Å². The minimum atomic E-state index is -0.0687. The van der Waals surface area contributed by atoms with E-state index in [-0.39, 0.29) is 5.91 Å². The van der Waals surface area contributed by atoms with E-state index in [1.165, 1.54) is 0 Å². The molecule has 28 heavy (non-hydrogen) atoms. The lowest BCUT2D eigenvalue weighted by Crippen LogP contribution is -2.14. The Kier molecular flexibility index (Phi) is 5.06. The number of amides is 1. The number of benzene rings is 2. The number of carbonyl (C=O) groups excluding carboxylic acids is 1. The fourth-order valence-corrected chi connectivity index (χ4v) is 2.61. The van der Waals surface area contributed by atoms with Gasteiger partial charge in [0.25, 0.3) is 0 Å². The lowest BCUT2D eigenvalue weighted by molar-refractivity contribution is -0.115. The molecular formula is C21H17N5O2. The number of hydrogen-bond donors (Lipinski definition) is 1. The van der Waals surface area contributed by atoms with Crippen LogP contribution in [0.3, 0.4) is 0 Å². The Labute approximate surface area is 161 Å². The average Bonchev–Trinajstić information content (AvgIpc) is 3.26. The maximum Gasteiger partial charge on any atom is 0.238 e. The number of ether oxygens (including phenoxy) is 1. The molecule has 0 atom stereocenters. The molecule has 0 aliphatic carbocycles. The number of imidazole rings is 1. The number of aromatic nitrogens is 4. The van der Waals surface area contributed by atoms with Crippen molar-refractivity contribution in [1.29, 1.82) is 0 Å². The van der Waals surface area contributed by atoms with Crippen LogP contribution in [0, 0.1) is 0 Å². The quantitative estimate of drug-likeness (QED) is 0.560. The van der Waals surface area contributed by atoms with Crippen molar-refractivity contribution in [3.05, 3.63) is 91.0 Å². The predicted octanol–water partition coefficient (Wildman–Crippen LogP) is 3.64. The van der Waals surface area contributed by atoms with Crippen LogP contribution in [0.4, 0.5) is 5.69 Å². The summed E-state index contributed by atoms with van der Waals surface area (Å²) in [7, 11) is 0. The van der Waals surface area contributed by atoms with Crippen molar-refractivity contribution in [2.45, 2.75) is 6.42 Å². The molecule has 2 aromatic carbocycles. The molecule has 138 valence electrons. The van der Waals surface area contributed by atoms with Gasteiger partial charge >= 0.3 is 0 Å². The number of hydrogen-bond acceptors (Lipinski definition) is 5. The van der Waals surface area contributed by atoms with Crippen molar-refractivity contribution in [2.24, 2.45) is 0 Å². The Morgan fingerprint density at radius 1 is 0.964 bits per heavy atom. The maximum atomic E-state index is 12.1. The second-order valence-electron chi connectivity index (χ2n) is 6.04. The molecule has 0 aliphatic heterocycles. The Bertz CT molecular complexity index is 1030. The molecule has 0 saturated heterocycles. The summed E-state index contributed by atoms with van der Waals surface area (Å²) in [6.45, 7) is 0. The summed E-state index contributed by atoms with van der Waals surface area (Å²) in [6.07, 6.45) is 5.44. The summed E-state index contributed by atoms with van der Waals surface area (Å²) in [4.78, 5) is 16.1. The van der Waals surface area contributed by atoms with Gasteiger partial charge in [-0.1, -0.05) is 30.3 Å². The molecule has 0 bridgehead atoms. The van der Waals surface area contributed by atoms with Crippen molar-refractivity contribution < 1.29 is 9.53 Å². The first kappa shape index (κ1) is 17.4. The van der Waals surface area contributed by atoms with Gasteiger partial charge in [-0.3, -0.25) is 9.36 Å². The van der Waals surface area contributed by atoms with E-state index in [1.807, 2.05) is 30.3 Å². The summed E-state index contributed by atoms with van der Waals surface area (Å²) >= 11 is 0. The topological polar surface area (TPSA) is 81.9 Å². The first-order valence-electron chi connectivity index (χ1n) is 8.70. The highest BCUT2D eigenvalue weighted by molar-refractivity contribution is 5.92. The molecule has 4 aromatic rings. The second-order valence-corrected chi connectivity index (χ2v) is 6.04. The summed E-state index contributed by atoms with van der Waals surface area (Å²) in [5.74, 6) is 1.57. The first-order valence-corrected chi connectivity index (χ1v) is 8.70. The summed E-state index contributed by atoms with van der Waals surface area (Å²) < 4.78 is 7.45. The highest BCUT2D eigenvalue weighted by Gasteiger charge is 2.05. The Balaban J connectivity index is 1.35. The van der Waals surface area contributed by atoms with Gasteiger partial charge in [0.1, 0.15) is 12.1 Å².